The number of aryl methyl sites for hydroxylation is 1. The number of ether oxygens (including phenoxy) is 1. The number of aliphatic carboxylic acids is 1. The number of likely N-dealkylation sites (tertiary alicyclic amines) is 1. The van der Waals surface area contributed by atoms with E-state index in [2.05, 4.69) is 9.97 Å². The number of carboxylic acid groups (broad SMARTS) is 1. The van der Waals surface area contributed by atoms with Crippen molar-refractivity contribution in [2.45, 2.75) is 51.3 Å². The number of amides is 1. The van der Waals surface area contributed by atoms with E-state index in [0.717, 1.165) is 5.69 Å². The second-order valence-electron chi connectivity index (χ2n) is 8.92. The summed E-state index contributed by atoms with van der Waals surface area (Å²) in [6.07, 6.45) is -1.50. The largest absolute Gasteiger partial charge is 0.490 e. The van der Waals surface area contributed by atoms with Gasteiger partial charge < -0.3 is 19.7 Å². The van der Waals surface area contributed by atoms with Crippen molar-refractivity contribution in [3.05, 3.63) is 62.3 Å². The highest BCUT2D eigenvalue weighted by Crippen LogP contribution is 2.23. The zero-order chi connectivity index (χ0) is 27.9. The highest BCUT2D eigenvalue weighted by atomic mass is 35.5. The van der Waals surface area contributed by atoms with Crippen LogP contribution in [0.3, 0.4) is 0 Å². The number of benzene rings is 1. The molecule has 9 nitrogen and oxygen atoms in total. The highest BCUT2D eigenvalue weighted by molar-refractivity contribution is 6.30. The number of nitrogens with one attached hydrogen (secondary N) is 1. The van der Waals surface area contributed by atoms with Crippen LogP contribution in [0.15, 0.2) is 29.1 Å². The minimum absolute atomic E-state index is 0.0565. The van der Waals surface area contributed by atoms with E-state index in [1.54, 1.807) is 24.3 Å². The van der Waals surface area contributed by atoms with Crippen LogP contribution in [-0.2, 0) is 33.8 Å². The van der Waals surface area contributed by atoms with Crippen molar-refractivity contribution in [2.24, 2.45) is 5.92 Å². The van der Waals surface area contributed by atoms with E-state index in [4.69, 9.17) is 26.2 Å². The summed E-state index contributed by atoms with van der Waals surface area (Å²) in [4.78, 5) is 55.5. The molecule has 1 aromatic heterocycles. The first kappa shape index (κ1) is 29.3. The van der Waals surface area contributed by atoms with E-state index in [1.165, 1.54) is 0 Å². The number of carboxylic acids is 1. The number of hydrogen-bond donors (Lipinski definition) is 2. The van der Waals surface area contributed by atoms with Crippen molar-refractivity contribution in [2.75, 3.05) is 19.7 Å². The van der Waals surface area contributed by atoms with E-state index in [9.17, 15) is 27.6 Å². The number of nitrogens with zero attached hydrogens (tertiary/aromatic N) is 2. The van der Waals surface area contributed by atoms with E-state index in [-0.39, 0.29) is 23.2 Å². The maximum Gasteiger partial charge on any atom is 0.490 e. The Morgan fingerprint density at radius 3 is 2.39 bits per heavy atom. The molecule has 2 aliphatic rings. The van der Waals surface area contributed by atoms with Gasteiger partial charge in [0.1, 0.15) is 5.82 Å². The van der Waals surface area contributed by atoms with Crippen molar-refractivity contribution in [1.29, 1.82) is 0 Å². The van der Waals surface area contributed by atoms with Crippen LogP contribution in [0.1, 0.15) is 53.1 Å². The topological polar surface area (TPSA) is 130 Å². The van der Waals surface area contributed by atoms with E-state index in [0.29, 0.717) is 86.8 Å². The molecule has 13 heteroatoms. The monoisotopic (exact) mass is 557 g/mol. The van der Waals surface area contributed by atoms with Gasteiger partial charge in [-0.1, -0.05) is 11.6 Å². The number of ketones is 1. The molecule has 0 saturated carbocycles. The molecule has 1 saturated heterocycles. The fraction of sp³-hybridized carbons (Fsp3) is 0.480. The Balaban J connectivity index is 0.000000505. The SMILES string of the molecule is O=C(O)C(F)(F)F.O=C(c1ccc(Cl)cc1)C1CCN(C(=O)CCCc2nc3c(c(=O)[nH]2)COCC3)CC1. The van der Waals surface area contributed by atoms with Crippen molar-refractivity contribution >= 4 is 29.3 Å². The molecule has 2 aromatic rings. The van der Waals surface area contributed by atoms with Crippen LogP contribution >= 0.6 is 11.6 Å². The summed E-state index contributed by atoms with van der Waals surface area (Å²) in [5, 5.41) is 7.74. The molecule has 4 rings (SSSR count). The molecular formula is C25H27ClF3N3O6. The second kappa shape index (κ2) is 13.0. The number of Topliss-reactive ketones (excluding diaryl/α,β-unsaturated/α-hetero) is 1. The molecule has 3 heterocycles. The Morgan fingerprint density at radius 2 is 1.79 bits per heavy atom. The first-order valence-electron chi connectivity index (χ1n) is 12.0. The first-order valence-corrected chi connectivity index (χ1v) is 12.4. The summed E-state index contributed by atoms with van der Waals surface area (Å²) in [7, 11) is 0. The minimum Gasteiger partial charge on any atom is -0.475 e. The smallest absolute Gasteiger partial charge is 0.475 e. The number of aromatic amines is 1. The van der Waals surface area contributed by atoms with Crippen molar-refractivity contribution in [3.63, 3.8) is 0 Å². The molecule has 1 amide bonds. The quantitative estimate of drug-likeness (QED) is 0.519. The lowest BCUT2D eigenvalue weighted by Gasteiger charge is -2.31. The molecule has 206 valence electrons. The summed E-state index contributed by atoms with van der Waals surface area (Å²) < 4.78 is 37.0. The molecule has 0 unspecified atom stereocenters. The molecule has 1 fully saturated rings. The van der Waals surface area contributed by atoms with E-state index >= 15 is 0 Å². The molecular weight excluding hydrogens is 531 g/mol. The van der Waals surface area contributed by atoms with Crippen LogP contribution in [0.4, 0.5) is 13.2 Å². The molecule has 2 N–H and O–H groups in total. The number of H-pyrrole nitrogens is 1. The van der Waals surface area contributed by atoms with Crippen LogP contribution in [0, 0.1) is 5.92 Å². The predicted molar refractivity (Wildman–Crippen MR) is 130 cm³/mol. The number of piperidine rings is 1. The van der Waals surface area contributed by atoms with E-state index < -0.39 is 12.1 Å². The highest BCUT2D eigenvalue weighted by Gasteiger charge is 2.38. The Kier molecular flexibility index (Phi) is 10.0. The molecule has 38 heavy (non-hydrogen) atoms. The van der Waals surface area contributed by atoms with Crippen LogP contribution in [0.2, 0.25) is 5.02 Å². The maximum absolute atomic E-state index is 12.7. The van der Waals surface area contributed by atoms with Crippen LogP contribution in [-0.4, -0.2) is 63.5 Å². The van der Waals surface area contributed by atoms with Gasteiger partial charge >= 0.3 is 12.1 Å². The average Bonchev–Trinajstić information content (AvgIpc) is 2.88. The third-order valence-corrected chi connectivity index (χ3v) is 6.53. The number of carbonyl (C=O) groups excluding carboxylic acids is 2. The fourth-order valence-corrected chi connectivity index (χ4v) is 4.35. The Morgan fingerprint density at radius 1 is 1.16 bits per heavy atom. The van der Waals surface area contributed by atoms with Gasteiger partial charge in [-0.2, -0.15) is 13.2 Å². The second-order valence-corrected chi connectivity index (χ2v) is 9.36. The minimum atomic E-state index is -5.08. The number of rotatable bonds is 6. The summed E-state index contributed by atoms with van der Waals surface area (Å²) in [5.41, 5.74) is 1.96. The van der Waals surface area contributed by atoms with Crippen molar-refractivity contribution in [3.8, 4) is 0 Å². The molecule has 0 atom stereocenters. The van der Waals surface area contributed by atoms with Crippen molar-refractivity contribution < 1.29 is 37.4 Å². The molecule has 1 aromatic carbocycles. The number of halogens is 4. The third kappa shape index (κ3) is 8.12. The zero-order valence-corrected chi connectivity index (χ0v) is 21.1. The molecule has 0 spiro atoms. The summed E-state index contributed by atoms with van der Waals surface area (Å²) >= 11 is 5.89. The van der Waals surface area contributed by atoms with Gasteiger partial charge in [-0.05, 0) is 43.5 Å². The lowest BCUT2D eigenvalue weighted by atomic mass is 9.89. The normalized spacial score (nSPS) is 15.7. The first-order chi connectivity index (χ1) is 18.0. The average molecular weight is 558 g/mol. The molecule has 2 aliphatic heterocycles. The predicted octanol–water partition coefficient (Wildman–Crippen LogP) is 3.57. The molecule has 0 radical (unpaired) electrons. The zero-order valence-electron chi connectivity index (χ0n) is 20.4. The van der Waals surface area contributed by atoms with Crippen LogP contribution in [0.5, 0.6) is 0 Å². The Hall–Kier alpha value is -3.25. The van der Waals surface area contributed by atoms with Gasteiger partial charge in [-0.15, -0.1) is 0 Å². The van der Waals surface area contributed by atoms with Crippen LogP contribution < -0.4 is 5.56 Å². The number of alkyl halides is 3. The molecule has 0 bridgehead atoms. The lowest BCUT2D eigenvalue weighted by Crippen LogP contribution is -2.40. The molecule has 0 aliphatic carbocycles. The van der Waals surface area contributed by atoms with Gasteiger partial charge in [-0.3, -0.25) is 14.4 Å². The van der Waals surface area contributed by atoms with Crippen molar-refractivity contribution in [1.82, 2.24) is 14.9 Å². The maximum atomic E-state index is 12.7. The van der Waals surface area contributed by atoms with E-state index in [1.807, 2.05) is 4.90 Å². The standard InChI is InChI=1S/C23H26ClN3O4.C2HF3O2/c24-17-6-4-15(5-7-17)22(29)16-8-11-27(12-9-16)21(28)3-1-2-20-25-19-10-13-31-14-18(19)23(30)26-20;3-2(4,5)1(6)7/h4-7,16H,1-3,8-14H2,(H,25,26,30);(H,6,7). The van der Waals surface area contributed by atoms with Gasteiger partial charge in [0.2, 0.25) is 5.91 Å². The summed E-state index contributed by atoms with van der Waals surface area (Å²) in [5.74, 6) is -1.97. The number of hydrogen-bond acceptors (Lipinski definition) is 6. The van der Waals surface area contributed by atoms with Gasteiger partial charge in [-0.25, -0.2) is 9.78 Å². The third-order valence-electron chi connectivity index (χ3n) is 6.27. The van der Waals surface area contributed by atoms with Gasteiger partial charge in [0.25, 0.3) is 5.56 Å². The number of aromatic nitrogens is 2. The summed E-state index contributed by atoms with van der Waals surface area (Å²) in [6.45, 7) is 2.08. The Bertz CT molecular complexity index is 1210. The summed E-state index contributed by atoms with van der Waals surface area (Å²) in [6, 6.07) is 6.97. The van der Waals surface area contributed by atoms with Crippen LogP contribution in [0.25, 0.3) is 0 Å². The Labute approximate surface area is 221 Å². The number of fused-ring (bicyclic) bond motifs is 1. The lowest BCUT2D eigenvalue weighted by molar-refractivity contribution is -0.192. The van der Waals surface area contributed by atoms with Gasteiger partial charge in [0.15, 0.2) is 5.78 Å². The number of carbonyl (C=O) groups is 3. The van der Waals surface area contributed by atoms with Gasteiger partial charge in [0.05, 0.1) is 24.5 Å². The van der Waals surface area contributed by atoms with Gasteiger partial charge in [0, 0.05) is 48.9 Å². The fourth-order valence-electron chi connectivity index (χ4n) is 4.22.